The molecule has 0 heterocycles. The fraction of sp³-hybridized carbons (Fsp3) is 0.235. The number of hydrogen-bond donors (Lipinski definition) is 1. The molecule has 0 saturated heterocycles. The molecule has 0 bridgehead atoms. The van der Waals surface area contributed by atoms with Gasteiger partial charge in [-0.3, -0.25) is 4.99 Å². The molecule has 0 spiro atoms. The summed E-state index contributed by atoms with van der Waals surface area (Å²) in [5.41, 5.74) is 3.10. The van der Waals surface area contributed by atoms with E-state index in [1.807, 2.05) is 24.3 Å². The number of aromatic hydroxyl groups is 1. The van der Waals surface area contributed by atoms with Crippen LogP contribution in [0.5, 0.6) is 5.75 Å². The van der Waals surface area contributed by atoms with E-state index in [1.54, 1.807) is 13.3 Å². The zero-order valence-corrected chi connectivity index (χ0v) is 18.7. The summed E-state index contributed by atoms with van der Waals surface area (Å²) in [5.74, 6) is 0.384. The van der Waals surface area contributed by atoms with Crippen LogP contribution in [0.15, 0.2) is 47.5 Å². The van der Waals surface area contributed by atoms with Crippen LogP contribution >= 0.6 is 17.0 Å². The summed E-state index contributed by atoms with van der Waals surface area (Å²) in [6.07, 6.45) is 1.73. The van der Waals surface area contributed by atoms with Gasteiger partial charge in [0.2, 0.25) is 0 Å². The molecule has 23 heavy (non-hydrogen) atoms. The molecule has 0 fully saturated rings. The van der Waals surface area contributed by atoms with Gasteiger partial charge in [0.25, 0.3) is 0 Å². The van der Waals surface area contributed by atoms with Crippen molar-refractivity contribution in [1.82, 2.24) is 0 Å². The third kappa shape index (κ3) is 6.19. The Morgan fingerprint density at radius 3 is 2.09 bits per heavy atom. The number of rotatable bonds is 3. The van der Waals surface area contributed by atoms with Gasteiger partial charge in [-0.1, -0.05) is 56.0 Å². The first-order chi connectivity index (χ1) is 10.8. The molecule has 0 aliphatic carbocycles. The Morgan fingerprint density at radius 1 is 1.04 bits per heavy atom. The first kappa shape index (κ1) is 20.6. The van der Waals surface area contributed by atoms with Gasteiger partial charge < -0.3 is 5.11 Å². The van der Waals surface area contributed by atoms with E-state index in [0.29, 0.717) is 5.75 Å². The predicted molar refractivity (Wildman–Crippen MR) is 102 cm³/mol. The second-order valence-corrected chi connectivity index (χ2v) is 14.8. The summed E-state index contributed by atoms with van der Waals surface area (Å²) in [6, 6.07) is 14.4. The molecule has 0 aliphatic heterocycles. The molecule has 0 aromatic heterocycles. The average molecular weight is 446 g/mol. The second kappa shape index (κ2) is 9.78. The van der Waals surface area contributed by atoms with Crippen LogP contribution in [0.4, 0.5) is 0 Å². The topological polar surface area (TPSA) is 32.6 Å². The van der Waals surface area contributed by atoms with E-state index in [2.05, 4.69) is 42.8 Å². The van der Waals surface area contributed by atoms with E-state index in [-0.39, 0.29) is 0 Å². The van der Waals surface area contributed by atoms with E-state index in [4.69, 9.17) is 17.0 Å². The number of benzene rings is 2. The normalized spacial score (nSPS) is 11.0. The van der Waals surface area contributed by atoms with E-state index in [9.17, 15) is 5.11 Å². The monoisotopic (exact) mass is 443 g/mol. The predicted octanol–water partition coefficient (Wildman–Crippen LogP) is 5.03. The molecule has 0 saturated carbocycles. The van der Waals surface area contributed by atoms with Crippen molar-refractivity contribution in [2.75, 3.05) is 7.05 Å². The van der Waals surface area contributed by atoms with Gasteiger partial charge in [0.15, 0.2) is 0 Å². The second-order valence-electron chi connectivity index (χ2n) is 6.04. The minimum absolute atomic E-state index is 0.384. The average Bonchev–Trinajstić information content (AvgIpc) is 2.50. The maximum absolute atomic E-state index is 10.5. The summed E-state index contributed by atoms with van der Waals surface area (Å²) in [4.78, 5) is 4.06. The van der Waals surface area contributed by atoms with Crippen molar-refractivity contribution in [2.24, 2.45) is 4.99 Å². The number of halogens is 2. The number of aliphatic imine (C=N–C) groups is 1. The molecule has 1 N–H and O–H groups in total. The van der Waals surface area contributed by atoms with E-state index < -0.39 is 28.9 Å². The van der Waals surface area contributed by atoms with Gasteiger partial charge in [-0.25, -0.2) is 0 Å². The van der Waals surface area contributed by atoms with Crippen LogP contribution in [-0.2, 0) is 20.8 Å². The molecular weight excluding hydrogens is 424 g/mol. The summed E-state index contributed by atoms with van der Waals surface area (Å²) < 4.78 is 0. The van der Waals surface area contributed by atoms with Crippen LogP contribution in [0, 0.1) is 0 Å². The fourth-order valence-electron chi connectivity index (χ4n) is 2.26. The first-order valence-electron chi connectivity index (χ1n) is 7.16. The Kier molecular flexibility index (Phi) is 8.78. The van der Waals surface area contributed by atoms with Crippen LogP contribution in [0.1, 0.15) is 5.56 Å². The number of phenols is 1. The number of phenolic OH excluding ortho intramolecular Hbond substituents is 1. The molecule has 0 radical (unpaired) electrons. The van der Waals surface area contributed by atoms with Crippen LogP contribution < -0.4 is 5.19 Å². The molecule has 0 unspecified atom stereocenters. The zero-order chi connectivity index (χ0) is 17.5. The third-order valence-electron chi connectivity index (χ3n) is 3.32. The van der Waals surface area contributed by atoms with Gasteiger partial charge in [0.1, 0.15) is 5.75 Å². The van der Waals surface area contributed by atoms with Crippen molar-refractivity contribution in [1.29, 1.82) is 0 Å². The fourth-order valence-corrected chi connectivity index (χ4v) is 3.71. The Balaban J connectivity index is 0.000000816. The maximum atomic E-state index is 10.5. The Bertz CT molecular complexity index is 658. The van der Waals surface area contributed by atoms with Gasteiger partial charge in [0.05, 0.1) is 8.07 Å². The summed E-state index contributed by atoms with van der Waals surface area (Å²) >= 11 is -0.826. The molecular formula is C17H21Cl2NOSiZr. The first-order valence-corrected chi connectivity index (χ1v) is 17.0. The molecule has 6 heteroatoms. The molecule has 0 atom stereocenters. The van der Waals surface area contributed by atoms with Crippen LogP contribution in [0.2, 0.25) is 19.6 Å². The summed E-state index contributed by atoms with van der Waals surface area (Å²) in [5, 5.41) is 11.5. The van der Waals surface area contributed by atoms with Crippen LogP contribution in [0.25, 0.3) is 11.1 Å². The Labute approximate surface area is 158 Å². The van der Waals surface area contributed by atoms with Crippen LogP contribution in [-0.4, -0.2) is 26.4 Å². The zero-order valence-electron chi connectivity index (χ0n) is 13.8. The molecule has 2 aromatic rings. The quantitative estimate of drug-likeness (QED) is 0.522. The minimum atomic E-state index is -1.61. The number of hydrogen-bond acceptors (Lipinski definition) is 2. The van der Waals surface area contributed by atoms with Crippen LogP contribution in [0.3, 0.4) is 0 Å². The molecule has 0 aliphatic rings. The van der Waals surface area contributed by atoms with Gasteiger partial charge in [-0.05, 0) is 22.4 Å². The summed E-state index contributed by atoms with van der Waals surface area (Å²) in [7, 11) is 9.98. The van der Waals surface area contributed by atoms with Gasteiger partial charge in [0, 0.05) is 18.8 Å². The van der Waals surface area contributed by atoms with Gasteiger partial charge in [-0.15, -0.1) is 0 Å². The van der Waals surface area contributed by atoms with Crippen molar-refractivity contribution < 1.29 is 26.0 Å². The standard InChI is InChI=1S/C17H21NOSi.2ClH.Zr/c1-18-12-15-10-14(13-8-6-5-7-9-13)11-16(17(15)19)20(2,3)4;;;/h5-12,19H,1-4H3;2*1H;/q;;;+2/p-2. The molecule has 122 valence electrons. The molecule has 2 nitrogen and oxygen atoms in total. The van der Waals surface area contributed by atoms with Crippen molar-refractivity contribution in [3.05, 3.63) is 48.0 Å². The molecule has 2 aromatic carbocycles. The van der Waals surface area contributed by atoms with Gasteiger partial charge >= 0.3 is 37.9 Å². The summed E-state index contributed by atoms with van der Waals surface area (Å²) in [6.45, 7) is 6.72. The SMILES string of the molecule is CN=Cc1cc(-c2ccccc2)cc([Si](C)(C)C)c1O.[Cl][Zr][Cl]. The molecule has 2 rings (SSSR count). The van der Waals surface area contributed by atoms with Crippen molar-refractivity contribution in [2.45, 2.75) is 19.6 Å². The Morgan fingerprint density at radius 2 is 1.61 bits per heavy atom. The van der Waals surface area contributed by atoms with E-state index in [1.165, 1.54) is 0 Å². The van der Waals surface area contributed by atoms with E-state index in [0.717, 1.165) is 21.9 Å². The number of nitrogens with zero attached hydrogens (tertiary/aromatic N) is 1. The van der Waals surface area contributed by atoms with Crippen molar-refractivity contribution >= 4 is 36.5 Å². The van der Waals surface area contributed by atoms with Crippen molar-refractivity contribution in [3.63, 3.8) is 0 Å². The molecule has 0 amide bonds. The Hall–Kier alpha value is -0.410. The van der Waals surface area contributed by atoms with E-state index >= 15 is 0 Å². The van der Waals surface area contributed by atoms with Gasteiger partial charge in [-0.2, -0.15) is 0 Å². The third-order valence-corrected chi connectivity index (χ3v) is 5.32. The van der Waals surface area contributed by atoms with Crippen molar-refractivity contribution in [3.8, 4) is 16.9 Å².